The lowest BCUT2D eigenvalue weighted by Gasteiger charge is -2.04. The van der Waals surface area contributed by atoms with Crippen LogP contribution in [-0.4, -0.2) is 40.8 Å². The third-order valence-corrected chi connectivity index (χ3v) is 2.90. The van der Waals surface area contributed by atoms with Crippen molar-refractivity contribution in [2.45, 2.75) is 37.8 Å². The number of rotatable bonds is 8. The minimum Gasteiger partial charge on any atom is -0.480 e. The van der Waals surface area contributed by atoms with Crippen LogP contribution in [0.2, 0.25) is 0 Å². The van der Waals surface area contributed by atoms with Crippen LogP contribution in [0.4, 0.5) is 0 Å². The first-order valence-electron chi connectivity index (χ1n) is 7.09. The van der Waals surface area contributed by atoms with Crippen molar-refractivity contribution in [2.24, 2.45) is 17.2 Å². The summed E-state index contributed by atoms with van der Waals surface area (Å²) >= 11 is 0. The number of benzene rings is 1. The standard InChI is InChI=1S/C9H11NO2.C6H14N2O2/c10-8(9(11)12)6-7-4-2-1-3-5-7;7-4-2-1-3-5(8)6(9)10/h1-5,8H,6,10H2,(H,11,12);5H,1-4,7-8H2,(H,9,10)/t8-;5-/m11/s1. The van der Waals surface area contributed by atoms with E-state index in [4.69, 9.17) is 27.4 Å². The molecule has 22 heavy (non-hydrogen) atoms. The van der Waals surface area contributed by atoms with E-state index < -0.39 is 24.0 Å². The number of unbranched alkanes of at least 4 members (excludes halogenated alkanes) is 1. The van der Waals surface area contributed by atoms with Gasteiger partial charge in [0.2, 0.25) is 0 Å². The fourth-order valence-corrected chi connectivity index (χ4v) is 1.59. The molecule has 0 radical (unpaired) electrons. The summed E-state index contributed by atoms with van der Waals surface area (Å²) in [6.45, 7) is 0.604. The van der Waals surface area contributed by atoms with Gasteiger partial charge in [-0.05, 0) is 31.4 Å². The SMILES string of the molecule is NCCCC[C@@H](N)C(=O)O.N[C@H](Cc1ccccc1)C(=O)O. The van der Waals surface area contributed by atoms with Gasteiger partial charge in [-0.2, -0.15) is 0 Å². The highest BCUT2D eigenvalue weighted by Gasteiger charge is 2.11. The van der Waals surface area contributed by atoms with Gasteiger partial charge in [-0.1, -0.05) is 36.8 Å². The predicted molar refractivity (Wildman–Crippen MR) is 84.3 cm³/mol. The quantitative estimate of drug-likeness (QED) is 0.429. The van der Waals surface area contributed by atoms with Crippen molar-refractivity contribution in [2.75, 3.05) is 6.54 Å². The summed E-state index contributed by atoms with van der Waals surface area (Å²) in [6.07, 6.45) is 2.55. The van der Waals surface area contributed by atoms with E-state index in [0.29, 0.717) is 19.4 Å². The van der Waals surface area contributed by atoms with E-state index in [1.165, 1.54) is 0 Å². The zero-order valence-corrected chi connectivity index (χ0v) is 12.5. The Balaban J connectivity index is 0.000000409. The van der Waals surface area contributed by atoms with Crippen molar-refractivity contribution >= 4 is 11.9 Å². The van der Waals surface area contributed by atoms with Gasteiger partial charge in [0.15, 0.2) is 0 Å². The van der Waals surface area contributed by atoms with Crippen LogP contribution in [0.15, 0.2) is 30.3 Å². The van der Waals surface area contributed by atoms with Gasteiger partial charge < -0.3 is 27.4 Å². The molecule has 0 unspecified atom stereocenters. The molecule has 124 valence electrons. The topological polar surface area (TPSA) is 153 Å². The van der Waals surface area contributed by atoms with Crippen molar-refractivity contribution in [3.63, 3.8) is 0 Å². The van der Waals surface area contributed by atoms with Gasteiger partial charge >= 0.3 is 11.9 Å². The monoisotopic (exact) mass is 311 g/mol. The highest BCUT2D eigenvalue weighted by Crippen LogP contribution is 2.01. The lowest BCUT2D eigenvalue weighted by molar-refractivity contribution is -0.139. The van der Waals surface area contributed by atoms with Crippen molar-refractivity contribution < 1.29 is 19.8 Å². The number of hydrogen-bond acceptors (Lipinski definition) is 5. The Morgan fingerprint density at radius 1 is 0.955 bits per heavy atom. The van der Waals surface area contributed by atoms with Crippen LogP contribution in [0, 0.1) is 0 Å². The van der Waals surface area contributed by atoms with Crippen molar-refractivity contribution in [1.29, 1.82) is 0 Å². The molecule has 1 aromatic carbocycles. The van der Waals surface area contributed by atoms with Crippen molar-refractivity contribution in [1.82, 2.24) is 0 Å². The first kappa shape index (κ1) is 20.0. The molecule has 0 saturated carbocycles. The number of hydrogen-bond donors (Lipinski definition) is 5. The number of aliphatic carboxylic acids is 2. The summed E-state index contributed by atoms with van der Waals surface area (Å²) in [5, 5.41) is 16.8. The minimum atomic E-state index is -0.959. The molecule has 0 bridgehead atoms. The van der Waals surface area contributed by atoms with Gasteiger partial charge in [0.1, 0.15) is 12.1 Å². The van der Waals surface area contributed by atoms with Gasteiger partial charge in [-0.3, -0.25) is 9.59 Å². The van der Waals surface area contributed by atoms with E-state index in [-0.39, 0.29) is 0 Å². The third kappa shape index (κ3) is 9.87. The van der Waals surface area contributed by atoms with Gasteiger partial charge in [0.05, 0.1) is 0 Å². The molecule has 0 aliphatic heterocycles. The van der Waals surface area contributed by atoms with Gasteiger partial charge in [0, 0.05) is 0 Å². The third-order valence-electron chi connectivity index (χ3n) is 2.90. The number of carboxylic acid groups (broad SMARTS) is 2. The highest BCUT2D eigenvalue weighted by atomic mass is 16.4. The Bertz CT molecular complexity index is 440. The molecule has 2 atom stereocenters. The lowest BCUT2D eigenvalue weighted by atomic mass is 10.1. The molecule has 0 heterocycles. The van der Waals surface area contributed by atoms with E-state index in [0.717, 1.165) is 18.4 Å². The molecule has 0 fully saturated rings. The lowest BCUT2D eigenvalue weighted by Crippen LogP contribution is -2.32. The van der Waals surface area contributed by atoms with Crippen molar-refractivity contribution in [3.8, 4) is 0 Å². The first-order chi connectivity index (χ1) is 10.4. The normalized spacial score (nSPS) is 12.7. The van der Waals surface area contributed by atoms with Gasteiger partial charge in [-0.25, -0.2) is 0 Å². The van der Waals surface area contributed by atoms with Crippen LogP contribution in [0.25, 0.3) is 0 Å². The van der Waals surface area contributed by atoms with Crippen LogP contribution in [0.5, 0.6) is 0 Å². The summed E-state index contributed by atoms with van der Waals surface area (Å²) < 4.78 is 0. The Morgan fingerprint density at radius 3 is 1.95 bits per heavy atom. The highest BCUT2D eigenvalue weighted by molar-refractivity contribution is 5.73. The molecule has 8 N–H and O–H groups in total. The van der Waals surface area contributed by atoms with E-state index in [1.54, 1.807) is 0 Å². The van der Waals surface area contributed by atoms with E-state index >= 15 is 0 Å². The van der Waals surface area contributed by atoms with Crippen molar-refractivity contribution in [3.05, 3.63) is 35.9 Å². The summed E-state index contributed by atoms with van der Waals surface area (Å²) in [7, 11) is 0. The fraction of sp³-hybridized carbons (Fsp3) is 0.467. The molecule has 0 aliphatic rings. The summed E-state index contributed by atoms with van der Waals surface area (Å²) in [4.78, 5) is 20.5. The maximum Gasteiger partial charge on any atom is 0.320 e. The fourth-order valence-electron chi connectivity index (χ4n) is 1.59. The van der Waals surface area contributed by atoms with Crippen LogP contribution in [0.1, 0.15) is 24.8 Å². The maximum absolute atomic E-state index is 10.4. The summed E-state index contributed by atoms with van der Waals surface area (Å²) in [5.74, 6) is -1.89. The smallest absolute Gasteiger partial charge is 0.320 e. The molecule has 7 nitrogen and oxygen atoms in total. The average Bonchev–Trinajstić information content (AvgIpc) is 2.48. The second-order valence-electron chi connectivity index (χ2n) is 4.86. The molecule has 1 rings (SSSR count). The van der Waals surface area contributed by atoms with Crippen LogP contribution in [-0.2, 0) is 16.0 Å². The molecular formula is C15H25N3O4. The zero-order valence-electron chi connectivity index (χ0n) is 12.5. The predicted octanol–water partition coefficient (Wildman–Crippen LogP) is 0.168. The summed E-state index contributed by atoms with van der Waals surface area (Å²) in [5.41, 5.74) is 16.7. The van der Waals surface area contributed by atoms with Gasteiger partial charge in [-0.15, -0.1) is 0 Å². The largest absolute Gasteiger partial charge is 0.480 e. The molecule has 0 spiro atoms. The Labute approximate surface area is 130 Å². The number of carboxylic acids is 2. The van der Waals surface area contributed by atoms with Gasteiger partial charge in [0.25, 0.3) is 0 Å². The van der Waals surface area contributed by atoms with Crippen LogP contribution >= 0.6 is 0 Å². The number of nitrogens with two attached hydrogens (primary N) is 3. The number of carbonyl (C=O) groups is 2. The van der Waals surface area contributed by atoms with E-state index in [2.05, 4.69) is 0 Å². The zero-order chi connectivity index (χ0) is 17.0. The molecule has 1 aromatic rings. The molecule has 0 amide bonds. The Kier molecular flexibility index (Phi) is 10.6. The Hall–Kier alpha value is -1.96. The van der Waals surface area contributed by atoms with Crippen LogP contribution in [0.3, 0.4) is 0 Å². The second kappa shape index (κ2) is 11.7. The molecule has 7 heteroatoms. The second-order valence-corrected chi connectivity index (χ2v) is 4.86. The minimum absolute atomic E-state index is 0.385. The molecule has 0 aromatic heterocycles. The molecular weight excluding hydrogens is 286 g/mol. The van der Waals surface area contributed by atoms with Crippen LogP contribution < -0.4 is 17.2 Å². The van der Waals surface area contributed by atoms with E-state index in [1.807, 2.05) is 30.3 Å². The molecule has 0 saturated heterocycles. The maximum atomic E-state index is 10.4. The average molecular weight is 311 g/mol. The summed E-state index contributed by atoms with van der Waals surface area (Å²) in [6, 6.07) is 7.83. The molecule has 0 aliphatic carbocycles. The first-order valence-corrected chi connectivity index (χ1v) is 7.09. The van der Waals surface area contributed by atoms with E-state index in [9.17, 15) is 9.59 Å². The Morgan fingerprint density at radius 2 is 1.50 bits per heavy atom.